The van der Waals surface area contributed by atoms with Gasteiger partial charge >= 0.3 is 0 Å². The van der Waals surface area contributed by atoms with Crippen LogP contribution in [0.25, 0.3) is 0 Å². The average molecular weight is 491 g/mol. The summed E-state index contributed by atoms with van der Waals surface area (Å²) in [6.45, 7) is 13.3. The fraction of sp³-hybridized carbons (Fsp3) is 0.412. The Morgan fingerprint density at radius 2 is 1.30 bits per heavy atom. The molecule has 0 saturated carbocycles. The Balaban J connectivity index is 1.51. The summed E-state index contributed by atoms with van der Waals surface area (Å²) in [7, 11) is 0. The van der Waals surface area contributed by atoms with E-state index in [1.807, 2.05) is 0 Å². The van der Waals surface area contributed by atoms with Crippen molar-refractivity contribution in [3.8, 4) is 6.07 Å². The first kappa shape index (κ1) is 25.3. The van der Waals surface area contributed by atoms with Crippen molar-refractivity contribution in [1.29, 1.82) is 5.26 Å². The summed E-state index contributed by atoms with van der Waals surface area (Å²) in [5, 5.41) is 10.8. The molecule has 3 nitrogen and oxygen atoms in total. The van der Waals surface area contributed by atoms with E-state index in [9.17, 15) is 5.26 Å². The molecule has 0 fully saturated rings. The van der Waals surface area contributed by atoms with E-state index in [-0.39, 0.29) is 23.0 Å². The molecule has 0 spiro atoms. The molecule has 0 amide bonds. The third-order valence-electron chi connectivity index (χ3n) is 7.94. The van der Waals surface area contributed by atoms with E-state index in [1.54, 1.807) is 0 Å². The summed E-state index contributed by atoms with van der Waals surface area (Å²) >= 11 is 0. The van der Waals surface area contributed by atoms with E-state index in [0.717, 1.165) is 17.5 Å². The maximum atomic E-state index is 10.8. The molecule has 1 aliphatic heterocycles. The fourth-order valence-electron chi connectivity index (χ4n) is 5.62. The smallest absolute Gasteiger partial charge is 0.206 e. The third kappa shape index (κ3) is 4.95. The molecular weight excluding hydrogens is 452 g/mol. The normalized spacial score (nSPS) is 19.0. The van der Waals surface area contributed by atoms with Crippen molar-refractivity contribution in [3.63, 3.8) is 0 Å². The molecule has 1 heterocycles. The molecule has 3 heteroatoms. The predicted octanol–water partition coefficient (Wildman–Crippen LogP) is 7.67. The van der Waals surface area contributed by atoms with Crippen molar-refractivity contribution >= 4 is 5.90 Å². The number of fused-ring (bicyclic) bond motifs is 3. The van der Waals surface area contributed by atoms with Crippen LogP contribution in [0.4, 0.5) is 0 Å². The van der Waals surface area contributed by atoms with Crippen molar-refractivity contribution < 1.29 is 4.74 Å². The van der Waals surface area contributed by atoms with Gasteiger partial charge in [0, 0.05) is 19.3 Å². The Bertz CT molecular complexity index is 1290. The maximum absolute atomic E-state index is 10.8. The van der Waals surface area contributed by atoms with Gasteiger partial charge in [0.1, 0.15) is 17.6 Å². The largest absolute Gasteiger partial charge is 0.473 e. The molecule has 5 rings (SSSR count). The number of hydrogen-bond acceptors (Lipinski definition) is 3. The summed E-state index contributed by atoms with van der Waals surface area (Å²) in [4.78, 5) is 5.11. The zero-order valence-corrected chi connectivity index (χ0v) is 23.0. The summed E-state index contributed by atoms with van der Waals surface area (Å²) in [6.07, 6.45) is 1.95. The second-order valence-electron chi connectivity index (χ2n) is 12.9. The van der Waals surface area contributed by atoms with Gasteiger partial charge in [-0.25, -0.2) is 4.99 Å². The number of benzene rings is 3. The van der Waals surface area contributed by atoms with Crippen molar-refractivity contribution in [2.24, 2.45) is 10.4 Å². The van der Waals surface area contributed by atoms with E-state index in [0.29, 0.717) is 18.7 Å². The number of nitriles is 1. The molecule has 0 N–H and O–H groups in total. The molecule has 2 atom stereocenters. The molecule has 1 unspecified atom stereocenters. The Labute approximate surface area is 222 Å². The first-order valence-corrected chi connectivity index (χ1v) is 13.4. The van der Waals surface area contributed by atoms with Crippen LogP contribution in [0.5, 0.6) is 0 Å². The number of nitrogens with zero attached hydrogens (tertiary/aromatic N) is 2. The molecule has 37 heavy (non-hydrogen) atoms. The minimum atomic E-state index is -0.869. The molecule has 1 aliphatic carbocycles. The second-order valence-corrected chi connectivity index (χ2v) is 12.9. The van der Waals surface area contributed by atoms with Gasteiger partial charge in [0.2, 0.25) is 5.90 Å². The minimum absolute atomic E-state index is 0.0216. The number of rotatable bonds is 5. The van der Waals surface area contributed by atoms with Gasteiger partial charge in [-0.05, 0) is 44.2 Å². The van der Waals surface area contributed by atoms with E-state index in [4.69, 9.17) is 9.73 Å². The lowest BCUT2D eigenvalue weighted by molar-refractivity contribution is 0.185. The fourth-order valence-corrected chi connectivity index (χ4v) is 5.62. The van der Waals surface area contributed by atoms with Gasteiger partial charge in [-0.15, -0.1) is 0 Å². The lowest BCUT2D eigenvalue weighted by Crippen LogP contribution is -2.36. The van der Waals surface area contributed by atoms with Gasteiger partial charge in [-0.1, -0.05) is 114 Å². The van der Waals surface area contributed by atoms with Gasteiger partial charge in [-0.3, -0.25) is 0 Å². The Morgan fingerprint density at radius 1 is 0.784 bits per heavy atom. The van der Waals surface area contributed by atoms with Crippen LogP contribution in [0.3, 0.4) is 0 Å². The molecule has 0 saturated heterocycles. The number of ether oxygens (including phenoxy) is 1. The highest BCUT2D eigenvalue weighted by molar-refractivity contribution is 5.88. The summed E-state index contributed by atoms with van der Waals surface area (Å²) in [6, 6.07) is 28.6. The summed E-state index contributed by atoms with van der Waals surface area (Å²) in [5.41, 5.74) is 6.68. The van der Waals surface area contributed by atoms with Gasteiger partial charge in [-0.2, -0.15) is 5.26 Å². The van der Waals surface area contributed by atoms with Crippen LogP contribution in [-0.2, 0) is 34.8 Å². The van der Waals surface area contributed by atoms with Crippen LogP contribution < -0.4 is 0 Å². The molecule has 190 valence electrons. The monoisotopic (exact) mass is 490 g/mol. The molecule has 3 aromatic rings. The van der Waals surface area contributed by atoms with Crippen LogP contribution in [0.2, 0.25) is 0 Å². The van der Waals surface area contributed by atoms with Crippen molar-refractivity contribution in [2.45, 2.75) is 83.8 Å². The standard InChI is InChI=1S/C34H38N2O/c1-32(2,3)26-15-11-23(12-16-26)20-34(22-35,21-24-13-17-27(18-14-24)33(4,5)6)31-36-30-28-10-8-7-9-25(28)19-29(30)37-31/h7-18,29-30H,19-21H2,1-6H3/t29-,30?/m1/s1. The zero-order chi connectivity index (χ0) is 26.4. The maximum Gasteiger partial charge on any atom is 0.206 e. The molecule has 0 radical (unpaired) electrons. The molecule has 3 aromatic carbocycles. The quantitative estimate of drug-likeness (QED) is 0.368. The topological polar surface area (TPSA) is 45.4 Å². The van der Waals surface area contributed by atoms with Crippen LogP contribution in [0.1, 0.15) is 81.0 Å². The van der Waals surface area contributed by atoms with E-state index in [2.05, 4.69) is 120 Å². The molecule has 2 aliphatic rings. The number of aliphatic imine (C=N–C) groups is 1. The summed E-state index contributed by atoms with van der Waals surface area (Å²) < 4.78 is 6.55. The molecular formula is C34H38N2O. The third-order valence-corrected chi connectivity index (χ3v) is 7.94. The first-order chi connectivity index (χ1) is 17.5. The lowest BCUT2D eigenvalue weighted by atomic mass is 9.76. The van der Waals surface area contributed by atoms with E-state index < -0.39 is 5.41 Å². The second kappa shape index (κ2) is 9.18. The lowest BCUT2D eigenvalue weighted by Gasteiger charge is -2.28. The zero-order valence-electron chi connectivity index (χ0n) is 23.0. The molecule has 0 bridgehead atoms. The van der Waals surface area contributed by atoms with Crippen LogP contribution in [0.15, 0.2) is 77.8 Å². The molecule has 0 aromatic heterocycles. The van der Waals surface area contributed by atoms with Gasteiger partial charge in [0.25, 0.3) is 0 Å². The Hall–Kier alpha value is -3.38. The first-order valence-electron chi connectivity index (χ1n) is 13.4. The van der Waals surface area contributed by atoms with Crippen molar-refractivity contribution in [2.75, 3.05) is 0 Å². The van der Waals surface area contributed by atoms with E-state index in [1.165, 1.54) is 22.3 Å². The highest BCUT2D eigenvalue weighted by atomic mass is 16.5. The average Bonchev–Trinajstić information content (AvgIpc) is 3.42. The highest BCUT2D eigenvalue weighted by Crippen LogP contribution is 2.44. The van der Waals surface area contributed by atoms with Gasteiger partial charge < -0.3 is 4.74 Å². The highest BCUT2D eigenvalue weighted by Gasteiger charge is 2.47. The van der Waals surface area contributed by atoms with Crippen molar-refractivity contribution in [3.05, 3.63) is 106 Å². The predicted molar refractivity (Wildman–Crippen MR) is 151 cm³/mol. The van der Waals surface area contributed by atoms with Crippen molar-refractivity contribution in [1.82, 2.24) is 0 Å². The van der Waals surface area contributed by atoms with E-state index >= 15 is 0 Å². The summed E-state index contributed by atoms with van der Waals surface area (Å²) in [5.74, 6) is 0.597. The Kier molecular flexibility index (Phi) is 6.27. The SMILES string of the molecule is CC(C)(C)c1ccc(CC(C#N)(Cc2ccc(C(C)(C)C)cc2)C2=NC3c4ccccc4C[C@H]3O2)cc1. The van der Waals surface area contributed by atoms with Crippen LogP contribution >= 0.6 is 0 Å². The minimum Gasteiger partial charge on any atom is -0.473 e. The van der Waals surface area contributed by atoms with Crippen LogP contribution in [0, 0.1) is 16.7 Å². The number of hydrogen-bond donors (Lipinski definition) is 0. The van der Waals surface area contributed by atoms with Gasteiger partial charge in [0.05, 0.1) is 6.07 Å². The van der Waals surface area contributed by atoms with Crippen LogP contribution in [-0.4, -0.2) is 12.0 Å². The van der Waals surface area contributed by atoms with Gasteiger partial charge in [0.15, 0.2) is 0 Å². The Morgan fingerprint density at radius 3 is 1.78 bits per heavy atom.